The SMILES string of the molecule is CCCNc1ccc(OCCCNC(C)(C)Cc2ccc(OC)cc2)c(C#N)c1. The maximum Gasteiger partial charge on any atom is 0.137 e. The first-order valence-electron chi connectivity index (χ1n) is 10.3. The molecule has 2 rings (SSSR count). The lowest BCUT2D eigenvalue weighted by Gasteiger charge is -2.26. The summed E-state index contributed by atoms with van der Waals surface area (Å²) >= 11 is 0. The Morgan fingerprint density at radius 2 is 1.83 bits per heavy atom. The fraction of sp³-hybridized carbons (Fsp3) is 0.458. The van der Waals surface area contributed by atoms with Gasteiger partial charge in [-0.05, 0) is 75.5 Å². The molecule has 0 unspecified atom stereocenters. The first-order valence-corrected chi connectivity index (χ1v) is 10.3. The fourth-order valence-corrected chi connectivity index (χ4v) is 3.12. The monoisotopic (exact) mass is 395 g/mol. The summed E-state index contributed by atoms with van der Waals surface area (Å²) in [5.74, 6) is 1.52. The van der Waals surface area contributed by atoms with Crippen LogP contribution in [0.25, 0.3) is 0 Å². The van der Waals surface area contributed by atoms with Crippen molar-refractivity contribution in [2.45, 2.75) is 45.6 Å². The van der Waals surface area contributed by atoms with Gasteiger partial charge in [-0.3, -0.25) is 0 Å². The summed E-state index contributed by atoms with van der Waals surface area (Å²) in [6.45, 7) is 8.83. The standard InChI is InChI=1S/C24H33N3O2/c1-5-13-26-21-9-12-23(20(16-21)18-25)29-15-6-14-27-24(2,3)17-19-7-10-22(28-4)11-8-19/h7-12,16,26-27H,5-6,13-15,17H2,1-4H3. The minimum Gasteiger partial charge on any atom is -0.497 e. The molecule has 0 bridgehead atoms. The van der Waals surface area contributed by atoms with Crippen LogP contribution >= 0.6 is 0 Å². The molecular formula is C24H33N3O2. The molecule has 0 aliphatic heterocycles. The number of benzene rings is 2. The predicted octanol–water partition coefficient (Wildman–Crippen LogP) is 4.77. The Balaban J connectivity index is 1.76. The highest BCUT2D eigenvalue weighted by molar-refractivity contribution is 5.55. The van der Waals surface area contributed by atoms with Crippen LogP contribution in [0.5, 0.6) is 11.5 Å². The highest BCUT2D eigenvalue weighted by Crippen LogP contribution is 2.22. The van der Waals surface area contributed by atoms with E-state index in [-0.39, 0.29) is 5.54 Å². The number of anilines is 1. The lowest BCUT2D eigenvalue weighted by molar-refractivity contribution is 0.293. The van der Waals surface area contributed by atoms with Crippen molar-refractivity contribution in [1.29, 1.82) is 5.26 Å². The zero-order valence-electron chi connectivity index (χ0n) is 18.0. The molecule has 0 saturated carbocycles. The van der Waals surface area contributed by atoms with Crippen LogP contribution in [-0.4, -0.2) is 32.3 Å². The quantitative estimate of drug-likeness (QED) is 0.507. The third-order valence-electron chi connectivity index (χ3n) is 4.67. The second-order valence-electron chi connectivity index (χ2n) is 7.79. The average molecular weight is 396 g/mol. The van der Waals surface area contributed by atoms with Crippen LogP contribution in [0.1, 0.15) is 44.7 Å². The van der Waals surface area contributed by atoms with Gasteiger partial charge in [0.1, 0.15) is 17.6 Å². The number of hydrogen-bond acceptors (Lipinski definition) is 5. The molecule has 29 heavy (non-hydrogen) atoms. The molecule has 2 aromatic rings. The van der Waals surface area contributed by atoms with Crippen molar-refractivity contribution in [3.63, 3.8) is 0 Å². The minimum absolute atomic E-state index is 0.0149. The second-order valence-corrected chi connectivity index (χ2v) is 7.79. The van der Waals surface area contributed by atoms with Gasteiger partial charge in [0.2, 0.25) is 0 Å². The van der Waals surface area contributed by atoms with Crippen molar-refractivity contribution < 1.29 is 9.47 Å². The summed E-state index contributed by atoms with van der Waals surface area (Å²) in [6, 6.07) is 16.1. The van der Waals surface area contributed by atoms with Gasteiger partial charge in [0.15, 0.2) is 0 Å². The van der Waals surface area contributed by atoms with Crippen molar-refractivity contribution in [3.8, 4) is 17.6 Å². The molecule has 156 valence electrons. The summed E-state index contributed by atoms with van der Waals surface area (Å²) in [5, 5.41) is 16.3. The van der Waals surface area contributed by atoms with Gasteiger partial charge in [-0.25, -0.2) is 0 Å². The van der Waals surface area contributed by atoms with Gasteiger partial charge in [0.05, 0.1) is 19.3 Å². The molecule has 0 aromatic heterocycles. The van der Waals surface area contributed by atoms with Gasteiger partial charge < -0.3 is 20.1 Å². The Kier molecular flexibility index (Phi) is 8.82. The Labute approximate surface area is 175 Å². The van der Waals surface area contributed by atoms with E-state index >= 15 is 0 Å². The van der Waals surface area contributed by atoms with Crippen LogP contribution in [0, 0.1) is 11.3 Å². The molecule has 0 radical (unpaired) electrons. The first kappa shape index (κ1) is 22.6. The van der Waals surface area contributed by atoms with E-state index in [0.29, 0.717) is 17.9 Å². The van der Waals surface area contributed by atoms with Gasteiger partial charge in [0, 0.05) is 17.8 Å². The van der Waals surface area contributed by atoms with Crippen molar-refractivity contribution in [2.24, 2.45) is 0 Å². The van der Waals surface area contributed by atoms with Crippen molar-refractivity contribution in [3.05, 3.63) is 53.6 Å². The second kappa shape index (κ2) is 11.3. The molecule has 0 aliphatic carbocycles. The van der Waals surface area contributed by atoms with Crippen LogP contribution in [0.2, 0.25) is 0 Å². The molecule has 0 atom stereocenters. The Morgan fingerprint density at radius 3 is 2.48 bits per heavy atom. The molecule has 0 heterocycles. The molecule has 0 saturated heterocycles. The predicted molar refractivity (Wildman–Crippen MR) is 119 cm³/mol. The summed E-state index contributed by atoms with van der Waals surface area (Å²) in [5.41, 5.74) is 2.78. The first-order chi connectivity index (χ1) is 14.0. The van der Waals surface area contributed by atoms with Gasteiger partial charge in [-0.2, -0.15) is 5.26 Å². The topological polar surface area (TPSA) is 66.3 Å². The van der Waals surface area contributed by atoms with E-state index < -0.39 is 0 Å². The molecular weight excluding hydrogens is 362 g/mol. The average Bonchev–Trinajstić information content (AvgIpc) is 2.72. The van der Waals surface area contributed by atoms with E-state index in [1.165, 1.54) is 5.56 Å². The summed E-state index contributed by atoms with van der Waals surface area (Å²) in [7, 11) is 1.68. The number of methoxy groups -OCH3 is 1. The number of rotatable bonds is 12. The van der Waals surface area contributed by atoms with Crippen LogP contribution in [0.4, 0.5) is 5.69 Å². The van der Waals surface area contributed by atoms with Crippen molar-refractivity contribution in [1.82, 2.24) is 5.32 Å². The van der Waals surface area contributed by atoms with E-state index in [9.17, 15) is 5.26 Å². The number of nitriles is 1. The van der Waals surface area contributed by atoms with E-state index in [1.54, 1.807) is 7.11 Å². The van der Waals surface area contributed by atoms with Gasteiger partial charge in [0.25, 0.3) is 0 Å². The van der Waals surface area contributed by atoms with Crippen LogP contribution < -0.4 is 20.1 Å². The molecule has 2 N–H and O–H groups in total. The van der Waals surface area contributed by atoms with Gasteiger partial charge in [-0.15, -0.1) is 0 Å². The van der Waals surface area contributed by atoms with E-state index in [2.05, 4.69) is 49.6 Å². The third-order valence-corrected chi connectivity index (χ3v) is 4.67. The number of nitrogens with zero attached hydrogens (tertiary/aromatic N) is 1. The summed E-state index contributed by atoms with van der Waals surface area (Å²) in [6.07, 6.45) is 2.84. The summed E-state index contributed by atoms with van der Waals surface area (Å²) < 4.78 is 11.1. The Bertz CT molecular complexity index is 795. The highest BCUT2D eigenvalue weighted by Gasteiger charge is 2.17. The lowest BCUT2D eigenvalue weighted by atomic mass is 9.95. The number of ether oxygens (including phenoxy) is 2. The molecule has 2 aromatic carbocycles. The smallest absolute Gasteiger partial charge is 0.137 e. The van der Waals surface area contributed by atoms with E-state index in [4.69, 9.17) is 9.47 Å². The number of hydrogen-bond donors (Lipinski definition) is 2. The maximum atomic E-state index is 9.37. The van der Waals surface area contributed by atoms with Crippen LogP contribution in [-0.2, 0) is 6.42 Å². The van der Waals surface area contributed by atoms with Crippen LogP contribution in [0.3, 0.4) is 0 Å². The molecule has 0 amide bonds. The maximum absolute atomic E-state index is 9.37. The molecule has 0 aliphatic rings. The highest BCUT2D eigenvalue weighted by atomic mass is 16.5. The minimum atomic E-state index is -0.0149. The van der Waals surface area contributed by atoms with Gasteiger partial charge >= 0.3 is 0 Å². The largest absolute Gasteiger partial charge is 0.497 e. The molecule has 5 heteroatoms. The lowest BCUT2D eigenvalue weighted by Crippen LogP contribution is -2.42. The van der Waals surface area contributed by atoms with E-state index in [1.807, 2.05) is 30.3 Å². The zero-order valence-corrected chi connectivity index (χ0v) is 18.0. The van der Waals surface area contributed by atoms with E-state index in [0.717, 1.165) is 43.8 Å². The Hall–Kier alpha value is -2.71. The fourth-order valence-electron chi connectivity index (χ4n) is 3.12. The summed E-state index contributed by atoms with van der Waals surface area (Å²) in [4.78, 5) is 0. The molecule has 0 spiro atoms. The number of nitrogens with one attached hydrogen (secondary N) is 2. The Morgan fingerprint density at radius 1 is 1.07 bits per heavy atom. The van der Waals surface area contributed by atoms with Crippen molar-refractivity contribution >= 4 is 5.69 Å². The third kappa shape index (κ3) is 7.67. The molecule has 0 fully saturated rings. The van der Waals surface area contributed by atoms with Crippen molar-refractivity contribution in [2.75, 3.05) is 32.1 Å². The zero-order chi connectivity index (χ0) is 21.1. The van der Waals surface area contributed by atoms with Gasteiger partial charge in [-0.1, -0.05) is 19.1 Å². The van der Waals surface area contributed by atoms with Crippen LogP contribution in [0.15, 0.2) is 42.5 Å². The normalized spacial score (nSPS) is 11.0. The molecule has 5 nitrogen and oxygen atoms in total.